The van der Waals surface area contributed by atoms with Crippen LogP contribution in [0.4, 0.5) is 0 Å². The number of hydrogen-bond donors (Lipinski definition) is 2. The van der Waals surface area contributed by atoms with Crippen molar-refractivity contribution >= 4 is 10.0 Å². The number of aromatic nitrogens is 1. The lowest BCUT2D eigenvalue weighted by atomic mass is 9.70. The van der Waals surface area contributed by atoms with Crippen LogP contribution in [0.3, 0.4) is 0 Å². The summed E-state index contributed by atoms with van der Waals surface area (Å²) in [5.74, 6) is 0.281. The highest BCUT2D eigenvalue weighted by Gasteiger charge is 2.36. The zero-order valence-corrected chi connectivity index (χ0v) is 13.7. The zero-order valence-electron chi connectivity index (χ0n) is 12.8. The molecular formula is C15H24N2O3S. The fourth-order valence-electron chi connectivity index (χ4n) is 3.18. The molecule has 1 aliphatic rings. The smallest absolute Gasteiger partial charge is 0.246 e. The highest BCUT2D eigenvalue weighted by Crippen LogP contribution is 2.38. The van der Waals surface area contributed by atoms with Crippen molar-refractivity contribution in [1.82, 2.24) is 9.71 Å². The number of pyridine rings is 1. The van der Waals surface area contributed by atoms with Crippen LogP contribution in [0.2, 0.25) is 0 Å². The molecule has 2 atom stereocenters. The van der Waals surface area contributed by atoms with Gasteiger partial charge in [0.25, 0.3) is 0 Å². The first-order valence-electron chi connectivity index (χ1n) is 7.41. The topological polar surface area (TPSA) is 79.0 Å². The first-order valence-corrected chi connectivity index (χ1v) is 8.89. The van der Waals surface area contributed by atoms with Crippen molar-refractivity contribution in [2.75, 3.05) is 0 Å². The van der Waals surface area contributed by atoms with E-state index in [1.165, 1.54) is 18.5 Å². The molecular weight excluding hydrogens is 288 g/mol. The number of aromatic amines is 1. The number of H-pyrrole nitrogens is 1. The van der Waals surface area contributed by atoms with Crippen molar-refractivity contribution in [1.29, 1.82) is 0 Å². The molecule has 1 aliphatic carbocycles. The van der Waals surface area contributed by atoms with E-state index in [2.05, 4.69) is 30.5 Å². The fraction of sp³-hybridized carbons (Fsp3) is 0.667. The molecule has 0 amide bonds. The quantitative estimate of drug-likeness (QED) is 0.898. The first-order chi connectivity index (χ1) is 9.72. The molecule has 0 aromatic carbocycles. The van der Waals surface area contributed by atoms with E-state index in [1.807, 2.05) is 0 Å². The standard InChI is InChI=1S/C15H24N2O3S/c1-15(2,3)11-6-4-5-7-12(11)17-21(19,20)14-10-16-9-8-13(14)18/h8-12,17H,4-7H2,1-3H3,(H,16,18). The molecule has 21 heavy (non-hydrogen) atoms. The Balaban J connectivity index is 2.27. The molecule has 0 aliphatic heterocycles. The van der Waals surface area contributed by atoms with Crippen LogP contribution in [0, 0.1) is 11.3 Å². The Morgan fingerprint density at radius 1 is 1.24 bits per heavy atom. The normalized spacial score (nSPS) is 24.0. The van der Waals surface area contributed by atoms with Gasteiger partial charge in [-0.25, -0.2) is 13.1 Å². The van der Waals surface area contributed by atoms with Crippen LogP contribution in [0.1, 0.15) is 46.5 Å². The average molecular weight is 312 g/mol. The summed E-state index contributed by atoms with van der Waals surface area (Å²) >= 11 is 0. The minimum absolute atomic E-state index is 0.0384. The van der Waals surface area contributed by atoms with Crippen molar-refractivity contribution in [2.45, 2.75) is 57.4 Å². The average Bonchev–Trinajstić information content (AvgIpc) is 2.38. The van der Waals surface area contributed by atoms with Gasteiger partial charge in [0, 0.05) is 24.5 Å². The lowest BCUT2D eigenvalue weighted by Gasteiger charge is -2.40. The van der Waals surface area contributed by atoms with Gasteiger partial charge in [0.05, 0.1) is 0 Å². The molecule has 0 radical (unpaired) electrons. The molecule has 0 spiro atoms. The van der Waals surface area contributed by atoms with E-state index in [9.17, 15) is 13.2 Å². The molecule has 2 rings (SSSR count). The van der Waals surface area contributed by atoms with E-state index < -0.39 is 15.5 Å². The number of hydrogen-bond acceptors (Lipinski definition) is 3. The van der Waals surface area contributed by atoms with Gasteiger partial charge in [0.1, 0.15) is 4.90 Å². The Hall–Kier alpha value is -1.14. The third kappa shape index (κ3) is 3.74. The lowest BCUT2D eigenvalue weighted by molar-refractivity contribution is 0.144. The maximum atomic E-state index is 12.5. The van der Waals surface area contributed by atoms with Crippen LogP contribution in [-0.4, -0.2) is 19.4 Å². The van der Waals surface area contributed by atoms with Crippen LogP contribution in [0.15, 0.2) is 28.2 Å². The maximum Gasteiger partial charge on any atom is 0.246 e. The molecule has 0 saturated heterocycles. The second-order valence-corrected chi connectivity index (χ2v) is 8.54. The summed E-state index contributed by atoms with van der Waals surface area (Å²) in [6.07, 6.45) is 6.67. The van der Waals surface area contributed by atoms with Gasteiger partial charge in [-0.1, -0.05) is 33.6 Å². The van der Waals surface area contributed by atoms with Gasteiger partial charge in [-0.15, -0.1) is 0 Å². The van der Waals surface area contributed by atoms with Crippen molar-refractivity contribution in [2.24, 2.45) is 11.3 Å². The molecule has 1 heterocycles. The van der Waals surface area contributed by atoms with Crippen molar-refractivity contribution in [3.05, 3.63) is 28.7 Å². The van der Waals surface area contributed by atoms with E-state index in [0.29, 0.717) is 0 Å². The van der Waals surface area contributed by atoms with E-state index in [0.717, 1.165) is 25.7 Å². The second kappa shape index (κ2) is 5.93. The fourth-order valence-corrected chi connectivity index (χ4v) is 4.55. The Labute approximate surface area is 126 Å². The number of rotatable bonds is 3. The molecule has 2 N–H and O–H groups in total. The van der Waals surface area contributed by atoms with Gasteiger partial charge in [0.15, 0.2) is 0 Å². The SMILES string of the molecule is CC(C)(C)C1CCCCC1NS(=O)(=O)c1c[nH]ccc1=O. The minimum atomic E-state index is -3.78. The van der Waals surface area contributed by atoms with Crippen molar-refractivity contribution in [3.8, 4) is 0 Å². The Bertz CT molecular complexity index is 643. The summed E-state index contributed by atoms with van der Waals surface area (Å²) in [6, 6.07) is 1.12. The summed E-state index contributed by atoms with van der Waals surface area (Å²) in [6.45, 7) is 6.42. The predicted molar refractivity (Wildman–Crippen MR) is 82.6 cm³/mol. The van der Waals surface area contributed by atoms with Gasteiger partial charge >= 0.3 is 0 Å². The number of nitrogens with one attached hydrogen (secondary N) is 2. The Kier molecular flexibility index (Phi) is 4.58. The van der Waals surface area contributed by atoms with Gasteiger partial charge in [0.2, 0.25) is 15.5 Å². The van der Waals surface area contributed by atoms with Gasteiger partial charge in [-0.2, -0.15) is 0 Å². The zero-order chi connectivity index (χ0) is 15.7. The molecule has 1 aromatic rings. The molecule has 2 unspecified atom stereocenters. The molecule has 1 fully saturated rings. The van der Waals surface area contributed by atoms with Crippen LogP contribution >= 0.6 is 0 Å². The molecule has 118 valence electrons. The summed E-state index contributed by atoms with van der Waals surface area (Å²) in [5, 5.41) is 0. The molecule has 1 saturated carbocycles. The third-order valence-corrected chi connectivity index (χ3v) is 5.77. The van der Waals surface area contributed by atoms with Gasteiger partial charge in [-0.3, -0.25) is 4.79 Å². The van der Waals surface area contributed by atoms with Crippen molar-refractivity contribution < 1.29 is 8.42 Å². The minimum Gasteiger partial charge on any atom is -0.366 e. The van der Waals surface area contributed by atoms with Crippen LogP contribution in [0.25, 0.3) is 0 Å². The Morgan fingerprint density at radius 3 is 2.52 bits per heavy atom. The molecule has 6 heteroatoms. The molecule has 5 nitrogen and oxygen atoms in total. The summed E-state index contributed by atoms with van der Waals surface area (Å²) < 4.78 is 27.7. The Morgan fingerprint density at radius 2 is 1.90 bits per heavy atom. The molecule has 1 aromatic heterocycles. The first kappa shape index (κ1) is 16.2. The van der Waals surface area contributed by atoms with Crippen LogP contribution in [-0.2, 0) is 10.0 Å². The van der Waals surface area contributed by atoms with Crippen molar-refractivity contribution in [3.63, 3.8) is 0 Å². The second-order valence-electron chi connectivity index (χ2n) is 6.86. The van der Waals surface area contributed by atoms with E-state index in [-0.39, 0.29) is 22.3 Å². The van der Waals surface area contributed by atoms with Crippen LogP contribution in [0.5, 0.6) is 0 Å². The lowest BCUT2D eigenvalue weighted by Crippen LogP contribution is -2.47. The predicted octanol–water partition coefficient (Wildman–Crippen LogP) is 2.26. The summed E-state index contributed by atoms with van der Waals surface area (Å²) in [4.78, 5) is 14.2. The largest absolute Gasteiger partial charge is 0.366 e. The van der Waals surface area contributed by atoms with E-state index in [1.54, 1.807) is 0 Å². The highest BCUT2D eigenvalue weighted by atomic mass is 32.2. The van der Waals surface area contributed by atoms with Crippen LogP contribution < -0.4 is 10.2 Å². The van der Waals surface area contributed by atoms with E-state index in [4.69, 9.17) is 0 Å². The summed E-state index contributed by atoms with van der Waals surface area (Å²) in [7, 11) is -3.78. The summed E-state index contributed by atoms with van der Waals surface area (Å²) in [5.41, 5.74) is -0.444. The highest BCUT2D eigenvalue weighted by molar-refractivity contribution is 7.89. The third-order valence-electron chi connectivity index (χ3n) is 4.26. The maximum absolute atomic E-state index is 12.5. The number of sulfonamides is 1. The monoisotopic (exact) mass is 312 g/mol. The van der Waals surface area contributed by atoms with E-state index >= 15 is 0 Å². The van der Waals surface area contributed by atoms with Gasteiger partial charge < -0.3 is 4.98 Å². The molecule has 0 bridgehead atoms. The van der Waals surface area contributed by atoms with Gasteiger partial charge in [-0.05, 0) is 24.2 Å².